The Labute approximate surface area is 110 Å². The van der Waals surface area contributed by atoms with Gasteiger partial charge in [0.05, 0.1) is 25.5 Å². The molecule has 100 valence electrons. The first-order valence-electron chi connectivity index (χ1n) is 6.38. The minimum Gasteiger partial charge on any atom is -0.164 e. The lowest BCUT2D eigenvalue weighted by atomic mass is 10.4. The van der Waals surface area contributed by atoms with Crippen molar-refractivity contribution in [1.82, 2.24) is 9.36 Å². The fourth-order valence-corrected chi connectivity index (χ4v) is 2.16. The highest BCUT2D eigenvalue weighted by atomic mass is 15.4. The van der Waals surface area contributed by atoms with Crippen molar-refractivity contribution in [3.05, 3.63) is 35.4 Å². The van der Waals surface area contributed by atoms with E-state index in [0.717, 1.165) is 6.54 Å². The third kappa shape index (κ3) is 3.22. The zero-order valence-corrected chi connectivity index (χ0v) is 12.7. The minimum absolute atomic E-state index is 1.05. The van der Waals surface area contributed by atoms with Gasteiger partial charge in [0.2, 0.25) is 5.69 Å². The Morgan fingerprint density at radius 2 is 1.78 bits per heavy atom. The predicted octanol–water partition coefficient (Wildman–Crippen LogP) is 1.11. The summed E-state index contributed by atoms with van der Waals surface area (Å²) in [5, 5.41) is 0. The zero-order valence-electron chi connectivity index (χ0n) is 12.7. The molecule has 18 heavy (non-hydrogen) atoms. The van der Waals surface area contributed by atoms with Crippen LogP contribution in [0, 0.1) is 20.8 Å². The van der Waals surface area contributed by atoms with Gasteiger partial charge in [-0.25, -0.2) is 0 Å². The molecule has 2 rings (SSSR count). The lowest BCUT2D eigenvalue weighted by Crippen LogP contribution is -2.41. The molecule has 0 atom stereocenters. The van der Waals surface area contributed by atoms with Crippen LogP contribution in [-0.4, -0.2) is 9.36 Å². The SMILES string of the molecule is CCn1c(C)cc(C)[n+]1C.Cc1cn(C)[n+](C)c1. The van der Waals surface area contributed by atoms with E-state index >= 15 is 0 Å². The standard InChI is InChI=1S/C8H15N2.C6H11N2/c1-5-10-8(3)6-7(2)9(10)4;1-6-4-7(2)8(3)5-6/h6H,5H2,1-4H3;4-5H,1-3H3/q2*+1. The van der Waals surface area contributed by atoms with Gasteiger partial charge in [-0.2, -0.15) is 9.36 Å². The third-order valence-electron chi connectivity index (χ3n) is 3.28. The van der Waals surface area contributed by atoms with Crippen molar-refractivity contribution in [3.8, 4) is 0 Å². The van der Waals surface area contributed by atoms with Crippen LogP contribution in [0.2, 0.25) is 0 Å². The highest BCUT2D eigenvalue weighted by Crippen LogP contribution is 1.97. The monoisotopic (exact) mass is 250 g/mol. The summed E-state index contributed by atoms with van der Waals surface area (Å²) in [6, 6.07) is 2.20. The summed E-state index contributed by atoms with van der Waals surface area (Å²) in [6.45, 7) is 9.55. The van der Waals surface area contributed by atoms with Gasteiger partial charge >= 0.3 is 0 Å². The van der Waals surface area contributed by atoms with Crippen LogP contribution in [0.25, 0.3) is 0 Å². The van der Waals surface area contributed by atoms with Gasteiger partial charge in [0.1, 0.15) is 0 Å². The van der Waals surface area contributed by atoms with Crippen LogP contribution < -0.4 is 9.36 Å². The largest absolute Gasteiger partial charge is 0.204 e. The third-order valence-corrected chi connectivity index (χ3v) is 3.28. The second-order valence-corrected chi connectivity index (χ2v) is 4.82. The van der Waals surface area contributed by atoms with E-state index in [1.165, 1.54) is 17.0 Å². The molecule has 0 saturated carbocycles. The average Bonchev–Trinajstić information content (AvgIpc) is 2.69. The van der Waals surface area contributed by atoms with E-state index in [0.29, 0.717) is 0 Å². The Morgan fingerprint density at radius 1 is 1.17 bits per heavy atom. The van der Waals surface area contributed by atoms with Crippen LogP contribution in [-0.2, 0) is 27.7 Å². The summed E-state index contributed by atoms with van der Waals surface area (Å²) < 4.78 is 8.50. The molecule has 0 bridgehead atoms. The minimum atomic E-state index is 1.05. The Kier molecular flexibility index (Phi) is 4.70. The quantitative estimate of drug-likeness (QED) is 0.675. The Balaban J connectivity index is 0.000000184. The molecule has 2 aromatic heterocycles. The highest BCUT2D eigenvalue weighted by molar-refractivity contribution is 5.01. The highest BCUT2D eigenvalue weighted by Gasteiger charge is 2.09. The van der Waals surface area contributed by atoms with Gasteiger partial charge in [-0.1, -0.05) is 0 Å². The molecule has 0 saturated heterocycles. The summed E-state index contributed by atoms with van der Waals surface area (Å²) in [7, 11) is 6.13. The van der Waals surface area contributed by atoms with Crippen LogP contribution in [0.3, 0.4) is 0 Å². The summed E-state index contributed by atoms with van der Waals surface area (Å²) in [4.78, 5) is 0. The number of aryl methyl sites for hydroxylation is 5. The fourth-order valence-electron chi connectivity index (χ4n) is 2.16. The molecule has 0 unspecified atom stereocenters. The van der Waals surface area contributed by atoms with Crippen LogP contribution in [0.1, 0.15) is 23.9 Å². The van der Waals surface area contributed by atoms with E-state index in [4.69, 9.17) is 0 Å². The van der Waals surface area contributed by atoms with Crippen LogP contribution in [0.4, 0.5) is 0 Å². The normalized spacial score (nSPS) is 10.2. The van der Waals surface area contributed by atoms with Gasteiger partial charge in [-0.05, 0) is 20.8 Å². The number of aromatic nitrogens is 4. The molecule has 0 amide bonds. The molecule has 4 nitrogen and oxygen atoms in total. The van der Waals surface area contributed by atoms with E-state index in [-0.39, 0.29) is 0 Å². The first kappa shape index (κ1) is 14.5. The smallest absolute Gasteiger partial charge is 0.164 e. The molecule has 2 heterocycles. The van der Waals surface area contributed by atoms with Crippen molar-refractivity contribution in [2.75, 3.05) is 0 Å². The molecule has 0 aromatic carbocycles. The number of hydrogen-bond donors (Lipinski definition) is 0. The molecule has 0 aliphatic heterocycles. The number of rotatable bonds is 1. The Hall–Kier alpha value is -1.58. The van der Waals surface area contributed by atoms with Gasteiger partial charge in [0.15, 0.2) is 20.3 Å². The molecule has 4 heteroatoms. The second kappa shape index (κ2) is 5.85. The predicted molar refractivity (Wildman–Crippen MR) is 72.1 cm³/mol. The van der Waals surface area contributed by atoms with E-state index in [9.17, 15) is 0 Å². The van der Waals surface area contributed by atoms with Crippen molar-refractivity contribution in [2.24, 2.45) is 21.1 Å². The van der Waals surface area contributed by atoms with Crippen LogP contribution >= 0.6 is 0 Å². The van der Waals surface area contributed by atoms with Crippen molar-refractivity contribution in [3.63, 3.8) is 0 Å². The zero-order chi connectivity index (χ0) is 13.9. The second-order valence-electron chi connectivity index (χ2n) is 4.82. The van der Waals surface area contributed by atoms with Gasteiger partial charge in [-0.15, -0.1) is 9.36 Å². The molecule has 0 radical (unpaired) electrons. The van der Waals surface area contributed by atoms with Crippen LogP contribution in [0.5, 0.6) is 0 Å². The number of hydrogen-bond acceptors (Lipinski definition) is 0. The molecule has 0 aliphatic rings. The van der Waals surface area contributed by atoms with E-state index in [1.54, 1.807) is 0 Å². The maximum atomic E-state index is 2.25. The molecular weight excluding hydrogens is 224 g/mol. The molecule has 0 N–H and O–H groups in total. The lowest BCUT2D eigenvalue weighted by molar-refractivity contribution is -0.758. The van der Waals surface area contributed by atoms with Gasteiger partial charge in [-0.3, -0.25) is 0 Å². The summed E-state index contributed by atoms with van der Waals surface area (Å²) in [5.41, 5.74) is 3.96. The van der Waals surface area contributed by atoms with E-state index in [2.05, 4.69) is 62.6 Å². The maximum absolute atomic E-state index is 2.25. The molecule has 0 fully saturated rings. The topological polar surface area (TPSA) is 17.6 Å². The van der Waals surface area contributed by atoms with E-state index < -0.39 is 0 Å². The van der Waals surface area contributed by atoms with E-state index in [1.807, 2.05) is 23.5 Å². The Morgan fingerprint density at radius 3 is 1.94 bits per heavy atom. The summed E-state index contributed by atoms with van der Waals surface area (Å²) >= 11 is 0. The van der Waals surface area contributed by atoms with Gasteiger partial charge in [0, 0.05) is 18.6 Å². The van der Waals surface area contributed by atoms with Crippen molar-refractivity contribution in [1.29, 1.82) is 0 Å². The summed E-state index contributed by atoms with van der Waals surface area (Å²) in [5.74, 6) is 0. The molecular formula is C14H26N4+2. The molecule has 2 aromatic rings. The number of nitrogens with zero attached hydrogens (tertiary/aromatic N) is 4. The van der Waals surface area contributed by atoms with Gasteiger partial charge < -0.3 is 0 Å². The average molecular weight is 250 g/mol. The molecule has 0 aliphatic carbocycles. The van der Waals surface area contributed by atoms with Crippen molar-refractivity contribution < 1.29 is 9.36 Å². The van der Waals surface area contributed by atoms with Crippen LogP contribution in [0.15, 0.2) is 18.5 Å². The molecule has 0 spiro atoms. The maximum Gasteiger partial charge on any atom is 0.204 e. The fraction of sp³-hybridized carbons (Fsp3) is 0.571. The lowest BCUT2D eigenvalue weighted by Gasteiger charge is -1.96. The van der Waals surface area contributed by atoms with Crippen molar-refractivity contribution in [2.45, 2.75) is 34.2 Å². The summed E-state index contributed by atoms with van der Waals surface area (Å²) in [6.07, 6.45) is 4.17. The first-order valence-corrected chi connectivity index (χ1v) is 6.38. The van der Waals surface area contributed by atoms with Gasteiger partial charge in [0.25, 0.3) is 0 Å². The van der Waals surface area contributed by atoms with Crippen molar-refractivity contribution >= 4 is 0 Å². The first-order chi connectivity index (χ1) is 8.36. The Bertz CT molecular complexity index is 501.